The van der Waals surface area contributed by atoms with Crippen LogP contribution in [0.1, 0.15) is 27.7 Å². The van der Waals surface area contributed by atoms with E-state index in [1.54, 1.807) is 18.3 Å². The lowest BCUT2D eigenvalue weighted by atomic mass is 10.1. The number of hydrazine groups is 1. The summed E-state index contributed by atoms with van der Waals surface area (Å²) < 4.78 is 28.2. The zero-order valence-corrected chi connectivity index (χ0v) is 14.5. The Morgan fingerprint density at radius 1 is 1.22 bits per heavy atom. The average Bonchev–Trinajstić information content (AvgIpc) is 3.27. The third kappa shape index (κ3) is 2.81. The smallest absolute Gasteiger partial charge is 0.214 e. The summed E-state index contributed by atoms with van der Waals surface area (Å²) in [5.74, 6) is -1.82. The van der Waals surface area contributed by atoms with E-state index in [0.717, 1.165) is 22.2 Å². The second-order valence-electron chi connectivity index (χ2n) is 6.23. The minimum atomic E-state index is -1.18. The number of fused-ring (bicyclic) bond motifs is 1. The Morgan fingerprint density at radius 3 is 2.81 bits per heavy atom. The van der Waals surface area contributed by atoms with E-state index in [0.29, 0.717) is 5.96 Å². The highest BCUT2D eigenvalue weighted by Crippen LogP contribution is 2.28. The second kappa shape index (κ2) is 6.44. The molecule has 0 radical (unpaired) electrons. The summed E-state index contributed by atoms with van der Waals surface area (Å²) in [6, 6.07) is 6.37. The van der Waals surface area contributed by atoms with E-state index in [9.17, 15) is 13.6 Å². The number of halogens is 2. The Hall–Kier alpha value is -3.33. The summed E-state index contributed by atoms with van der Waals surface area (Å²) in [6.45, 7) is 1.95. The quantitative estimate of drug-likeness (QED) is 0.618. The number of aliphatic imine (C=N–C) groups is 1. The van der Waals surface area contributed by atoms with Gasteiger partial charge in [0.15, 0.2) is 17.9 Å². The van der Waals surface area contributed by atoms with Gasteiger partial charge >= 0.3 is 0 Å². The zero-order chi connectivity index (χ0) is 19.1. The number of aryl methyl sites for hydroxylation is 1. The van der Waals surface area contributed by atoms with E-state index in [-0.39, 0.29) is 17.4 Å². The molecule has 27 heavy (non-hydrogen) atoms. The van der Waals surface area contributed by atoms with Gasteiger partial charge in [0.05, 0.1) is 17.3 Å². The van der Waals surface area contributed by atoms with Crippen LogP contribution < -0.4 is 10.7 Å². The lowest BCUT2D eigenvalue weighted by Crippen LogP contribution is -2.38. The first-order valence-electron chi connectivity index (χ1n) is 8.20. The van der Waals surface area contributed by atoms with Crippen molar-refractivity contribution in [2.24, 2.45) is 4.99 Å². The number of rotatable bonds is 3. The molecule has 0 bridgehead atoms. The molecule has 4 rings (SSSR count). The van der Waals surface area contributed by atoms with E-state index in [4.69, 9.17) is 0 Å². The SMILES string of the molecule is Cc1c(NC2=NC(c3ccc(C=O)c(F)c3F)NN2C)ccc2[nH]ncc12. The normalized spacial score (nSPS) is 16.7. The Labute approximate surface area is 153 Å². The Bertz CT molecular complexity index is 1080. The van der Waals surface area contributed by atoms with Gasteiger partial charge < -0.3 is 5.32 Å². The largest absolute Gasteiger partial charge is 0.325 e. The fraction of sp³-hybridized carbons (Fsp3) is 0.167. The number of aromatic amines is 1. The zero-order valence-electron chi connectivity index (χ0n) is 14.5. The maximum absolute atomic E-state index is 14.3. The highest BCUT2D eigenvalue weighted by Gasteiger charge is 2.27. The van der Waals surface area contributed by atoms with Crippen molar-refractivity contribution in [3.8, 4) is 0 Å². The molecule has 1 atom stereocenters. The molecule has 138 valence electrons. The van der Waals surface area contributed by atoms with Gasteiger partial charge in [0.1, 0.15) is 6.17 Å². The summed E-state index contributed by atoms with van der Waals surface area (Å²) in [5.41, 5.74) is 5.36. The van der Waals surface area contributed by atoms with Gasteiger partial charge in [-0.15, -0.1) is 0 Å². The average molecular weight is 370 g/mol. The van der Waals surface area contributed by atoms with Crippen molar-refractivity contribution in [1.29, 1.82) is 0 Å². The minimum absolute atomic E-state index is 0.0174. The van der Waals surface area contributed by atoms with Crippen molar-refractivity contribution < 1.29 is 13.6 Å². The molecule has 1 aromatic heterocycles. The standard InChI is InChI=1S/C18H16F2N6O/c1-9-12-7-21-24-14(12)6-5-13(9)22-18-23-17(25-26(18)2)11-4-3-10(8-27)15(19)16(11)20/h3-8,17,25H,1-2H3,(H,21,24)(H,22,23). The van der Waals surface area contributed by atoms with E-state index in [1.807, 2.05) is 19.1 Å². The highest BCUT2D eigenvalue weighted by atomic mass is 19.2. The number of anilines is 1. The fourth-order valence-corrected chi connectivity index (χ4v) is 3.03. The van der Waals surface area contributed by atoms with Gasteiger partial charge in [-0.25, -0.2) is 19.2 Å². The van der Waals surface area contributed by atoms with Crippen molar-refractivity contribution in [3.05, 3.63) is 58.8 Å². The van der Waals surface area contributed by atoms with Crippen LogP contribution in [0.5, 0.6) is 0 Å². The first-order valence-corrected chi connectivity index (χ1v) is 8.20. The van der Waals surface area contributed by atoms with Gasteiger partial charge in [0, 0.05) is 23.7 Å². The van der Waals surface area contributed by atoms with Crippen LogP contribution in [0.15, 0.2) is 35.5 Å². The van der Waals surface area contributed by atoms with Crippen molar-refractivity contribution in [2.45, 2.75) is 13.1 Å². The van der Waals surface area contributed by atoms with Crippen LogP contribution in [-0.4, -0.2) is 34.5 Å². The molecule has 0 saturated heterocycles. The number of guanidine groups is 1. The third-order valence-electron chi connectivity index (χ3n) is 4.59. The van der Waals surface area contributed by atoms with Gasteiger partial charge in [-0.1, -0.05) is 6.07 Å². The molecule has 9 heteroatoms. The van der Waals surface area contributed by atoms with Crippen LogP contribution in [0.4, 0.5) is 14.5 Å². The minimum Gasteiger partial charge on any atom is -0.325 e. The van der Waals surface area contributed by atoms with Crippen LogP contribution in [0, 0.1) is 18.6 Å². The molecule has 0 spiro atoms. The molecule has 0 saturated carbocycles. The Kier molecular flexibility index (Phi) is 4.08. The number of carbonyl (C=O) groups is 1. The molecule has 0 amide bonds. The van der Waals surface area contributed by atoms with Gasteiger partial charge in [-0.3, -0.25) is 14.9 Å². The monoisotopic (exact) mass is 370 g/mol. The summed E-state index contributed by atoms with van der Waals surface area (Å²) >= 11 is 0. The molecule has 3 N–H and O–H groups in total. The molecule has 0 fully saturated rings. The molecule has 2 aromatic carbocycles. The Morgan fingerprint density at radius 2 is 2.04 bits per heavy atom. The number of carbonyl (C=O) groups excluding carboxylic acids is 1. The van der Waals surface area contributed by atoms with Crippen LogP contribution in [0.25, 0.3) is 10.9 Å². The predicted molar refractivity (Wildman–Crippen MR) is 97.3 cm³/mol. The maximum Gasteiger partial charge on any atom is 0.214 e. The summed E-state index contributed by atoms with van der Waals surface area (Å²) in [7, 11) is 1.71. The van der Waals surface area contributed by atoms with Crippen molar-refractivity contribution in [1.82, 2.24) is 20.6 Å². The lowest BCUT2D eigenvalue weighted by Gasteiger charge is -2.18. The third-order valence-corrected chi connectivity index (χ3v) is 4.59. The summed E-state index contributed by atoms with van der Waals surface area (Å²) in [5, 5.41) is 12.7. The number of aldehydes is 1. The number of hydrogen-bond donors (Lipinski definition) is 3. The number of nitrogens with one attached hydrogen (secondary N) is 3. The molecular weight excluding hydrogens is 354 g/mol. The summed E-state index contributed by atoms with van der Waals surface area (Å²) in [6.07, 6.45) is 1.20. The molecule has 0 aliphatic carbocycles. The molecule has 3 aromatic rings. The molecule has 1 aliphatic heterocycles. The lowest BCUT2D eigenvalue weighted by molar-refractivity contribution is 0.111. The number of H-pyrrole nitrogens is 1. The van der Waals surface area contributed by atoms with Gasteiger partial charge in [-0.05, 0) is 30.7 Å². The first kappa shape index (κ1) is 17.1. The highest BCUT2D eigenvalue weighted by molar-refractivity contribution is 5.98. The van der Waals surface area contributed by atoms with Crippen LogP contribution in [0.3, 0.4) is 0 Å². The Balaban J connectivity index is 1.65. The van der Waals surface area contributed by atoms with Crippen molar-refractivity contribution in [3.63, 3.8) is 0 Å². The van der Waals surface area contributed by atoms with Crippen LogP contribution in [0.2, 0.25) is 0 Å². The number of aromatic nitrogens is 2. The molecular formula is C18H16F2N6O. The maximum atomic E-state index is 14.3. The topological polar surface area (TPSA) is 85.4 Å². The van der Waals surface area contributed by atoms with Crippen molar-refractivity contribution in [2.75, 3.05) is 12.4 Å². The van der Waals surface area contributed by atoms with Gasteiger partial charge in [0.2, 0.25) is 5.96 Å². The molecule has 1 aliphatic rings. The number of hydrogen-bond acceptors (Lipinski definition) is 6. The predicted octanol–water partition coefficient (Wildman–Crippen LogP) is 2.88. The fourth-order valence-electron chi connectivity index (χ4n) is 3.03. The van der Waals surface area contributed by atoms with Gasteiger partial charge in [-0.2, -0.15) is 5.10 Å². The molecule has 2 heterocycles. The number of nitrogens with zero attached hydrogens (tertiary/aromatic N) is 3. The van der Waals surface area contributed by atoms with Crippen molar-refractivity contribution >= 4 is 28.8 Å². The van der Waals surface area contributed by atoms with Crippen LogP contribution in [-0.2, 0) is 0 Å². The van der Waals surface area contributed by atoms with E-state index >= 15 is 0 Å². The van der Waals surface area contributed by atoms with E-state index in [2.05, 4.69) is 25.9 Å². The van der Waals surface area contributed by atoms with Gasteiger partial charge in [0.25, 0.3) is 0 Å². The molecule has 7 nitrogen and oxygen atoms in total. The van der Waals surface area contributed by atoms with E-state index in [1.165, 1.54) is 12.1 Å². The molecule has 1 unspecified atom stereocenters. The van der Waals surface area contributed by atoms with E-state index < -0.39 is 17.8 Å². The summed E-state index contributed by atoms with van der Waals surface area (Å²) in [4.78, 5) is 15.2. The number of benzene rings is 2. The van der Waals surface area contributed by atoms with Crippen LogP contribution >= 0.6 is 0 Å². The second-order valence-corrected chi connectivity index (χ2v) is 6.23. The first-order chi connectivity index (χ1) is 13.0.